The highest BCUT2D eigenvalue weighted by atomic mass is 32.2. The number of anilines is 1. The van der Waals surface area contributed by atoms with Crippen LogP contribution in [0, 0.1) is 20.8 Å². The third-order valence-corrected chi connectivity index (χ3v) is 8.66. The minimum atomic E-state index is -4.01. The van der Waals surface area contributed by atoms with E-state index in [1.165, 1.54) is 0 Å². The molecule has 5 aromatic carbocycles. The number of fused-ring (bicyclic) bond motifs is 2. The van der Waals surface area contributed by atoms with Gasteiger partial charge in [-0.25, -0.2) is 13.8 Å². The molecule has 0 fully saturated rings. The maximum Gasteiger partial charge on any atom is 0.264 e. The molecule has 0 heterocycles. The van der Waals surface area contributed by atoms with Gasteiger partial charge in [-0.15, -0.1) is 0 Å². The number of aryl methyl sites for hydroxylation is 3. The topological polar surface area (TPSA) is 78.8 Å². The van der Waals surface area contributed by atoms with E-state index in [4.69, 9.17) is 0 Å². The molecular formula is C32H29N3O3S. The summed E-state index contributed by atoms with van der Waals surface area (Å²) in [5, 5.41) is 8.38. The number of sulfonamides is 1. The van der Waals surface area contributed by atoms with E-state index in [9.17, 15) is 13.2 Å². The Morgan fingerprint density at radius 2 is 1.41 bits per heavy atom. The van der Waals surface area contributed by atoms with E-state index in [2.05, 4.69) is 16.6 Å². The Balaban J connectivity index is 1.46. The molecule has 196 valence electrons. The maximum atomic E-state index is 13.7. The van der Waals surface area contributed by atoms with Crippen LogP contribution in [0.25, 0.3) is 21.5 Å². The molecule has 1 N–H and O–H groups in total. The summed E-state index contributed by atoms with van der Waals surface area (Å²) in [6.45, 7) is 5.33. The summed E-state index contributed by atoms with van der Waals surface area (Å²) >= 11 is 0. The van der Waals surface area contributed by atoms with Crippen molar-refractivity contribution in [3.8, 4) is 0 Å². The Morgan fingerprint density at radius 3 is 2.03 bits per heavy atom. The Hall–Kier alpha value is -4.49. The molecule has 0 bridgehead atoms. The molecule has 0 aliphatic carbocycles. The van der Waals surface area contributed by atoms with Crippen molar-refractivity contribution in [2.75, 3.05) is 10.8 Å². The predicted octanol–water partition coefficient (Wildman–Crippen LogP) is 6.26. The van der Waals surface area contributed by atoms with Crippen molar-refractivity contribution in [1.29, 1.82) is 0 Å². The third-order valence-electron chi connectivity index (χ3n) is 6.87. The lowest BCUT2D eigenvalue weighted by Crippen LogP contribution is -2.39. The third kappa shape index (κ3) is 5.40. The monoisotopic (exact) mass is 535 g/mol. The van der Waals surface area contributed by atoms with Crippen molar-refractivity contribution in [1.82, 2.24) is 5.43 Å². The van der Waals surface area contributed by atoms with Gasteiger partial charge in [-0.2, -0.15) is 5.10 Å². The first kappa shape index (κ1) is 26.1. The highest BCUT2D eigenvalue weighted by Crippen LogP contribution is 2.28. The van der Waals surface area contributed by atoms with Gasteiger partial charge in [-0.05, 0) is 83.8 Å². The molecule has 0 saturated carbocycles. The molecule has 0 aromatic heterocycles. The normalized spacial score (nSPS) is 11.8. The first-order valence-electron chi connectivity index (χ1n) is 12.6. The molecule has 0 radical (unpaired) electrons. The molecule has 5 rings (SSSR count). The lowest BCUT2D eigenvalue weighted by atomic mass is 9.97. The van der Waals surface area contributed by atoms with E-state index in [0.29, 0.717) is 5.69 Å². The first-order valence-corrected chi connectivity index (χ1v) is 14.1. The van der Waals surface area contributed by atoms with Gasteiger partial charge in [0.1, 0.15) is 6.54 Å². The number of carbonyl (C=O) groups is 1. The summed E-state index contributed by atoms with van der Waals surface area (Å²) < 4.78 is 28.5. The second kappa shape index (κ2) is 10.7. The van der Waals surface area contributed by atoms with Gasteiger partial charge in [-0.3, -0.25) is 9.10 Å². The molecule has 0 unspecified atom stereocenters. The van der Waals surface area contributed by atoms with Crippen molar-refractivity contribution in [3.63, 3.8) is 0 Å². The van der Waals surface area contributed by atoms with Gasteiger partial charge in [0.2, 0.25) is 0 Å². The first-order chi connectivity index (χ1) is 18.7. The minimum Gasteiger partial charge on any atom is -0.271 e. The number of nitrogens with one attached hydrogen (secondary N) is 1. The van der Waals surface area contributed by atoms with Crippen molar-refractivity contribution in [3.05, 3.63) is 119 Å². The predicted molar refractivity (Wildman–Crippen MR) is 159 cm³/mol. The summed E-state index contributed by atoms with van der Waals surface area (Å²) in [6, 6.07) is 30.1. The van der Waals surface area contributed by atoms with E-state index in [0.717, 1.165) is 48.1 Å². The standard InChI is InChI=1S/C32H29N3O3S/c1-22-12-16-28(17-13-22)39(37,38)35(27-15-14-23(2)24(3)18-27)21-32(36)34-33-20-31-29-10-6-4-8-25(29)19-26-9-5-7-11-30(26)31/h4-20H,21H2,1-3H3,(H,34,36)/b33-20-. The molecule has 1 amide bonds. The van der Waals surface area contributed by atoms with Crippen molar-refractivity contribution in [2.24, 2.45) is 5.10 Å². The molecule has 0 spiro atoms. The van der Waals surface area contributed by atoms with E-state index in [-0.39, 0.29) is 4.90 Å². The van der Waals surface area contributed by atoms with Gasteiger partial charge in [0.05, 0.1) is 16.8 Å². The smallest absolute Gasteiger partial charge is 0.264 e. The van der Waals surface area contributed by atoms with E-state index in [1.807, 2.05) is 75.4 Å². The lowest BCUT2D eigenvalue weighted by Gasteiger charge is -2.24. The van der Waals surface area contributed by atoms with E-state index >= 15 is 0 Å². The number of carbonyl (C=O) groups excluding carboxylic acids is 1. The van der Waals surface area contributed by atoms with Crippen LogP contribution >= 0.6 is 0 Å². The highest BCUT2D eigenvalue weighted by molar-refractivity contribution is 7.92. The number of hydrogen-bond donors (Lipinski definition) is 1. The highest BCUT2D eigenvalue weighted by Gasteiger charge is 2.27. The molecule has 0 aliphatic heterocycles. The summed E-state index contributed by atoms with van der Waals surface area (Å²) in [4.78, 5) is 13.2. The SMILES string of the molecule is Cc1ccc(S(=O)(=O)N(CC(=O)N/N=C\c2c3ccccc3cc3ccccc23)c2ccc(C)c(C)c2)cc1. The van der Waals surface area contributed by atoms with Gasteiger partial charge in [-0.1, -0.05) is 72.3 Å². The van der Waals surface area contributed by atoms with Gasteiger partial charge >= 0.3 is 0 Å². The fraction of sp³-hybridized carbons (Fsp3) is 0.125. The van der Waals surface area contributed by atoms with E-state index < -0.39 is 22.5 Å². The zero-order valence-corrected chi connectivity index (χ0v) is 22.9. The summed E-state index contributed by atoms with van der Waals surface area (Å²) in [7, 11) is -4.01. The molecule has 5 aromatic rings. The van der Waals surface area contributed by atoms with Crippen LogP contribution in [0.1, 0.15) is 22.3 Å². The molecular weight excluding hydrogens is 506 g/mol. The van der Waals surface area contributed by atoms with Gasteiger partial charge < -0.3 is 0 Å². The minimum absolute atomic E-state index is 0.116. The van der Waals surface area contributed by atoms with E-state index in [1.54, 1.807) is 42.6 Å². The number of rotatable bonds is 7. The summed E-state index contributed by atoms with van der Waals surface area (Å²) in [5.41, 5.74) is 6.74. The summed E-state index contributed by atoms with van der Waals surface area (Å²) in [5.74, 6) is -0.551. The maximum absolute atomic E-state index is 13.7. The van der Waals surface area contributed by atoms with Crippen LogP contribution in [0.5, 0.6) is 0 Å². The number of hydrogen-bond acceptors (Lipinski definition) is 4. The fourth-order valence-electron chi connectivity index (χ4n) is 4.56. The Bertz CT molecular complexity index is 1770. The molecule has 6 nitrogen and oxygen atoms in total. The largest absolute Gasteiger partial charge is 0.271 e. The summed E-state index contributed by atoms with van der Waals surface area (Å²) in [6.07, 6.45) is 1.62. The van der Waals surface area contributed by atoms with Crippen molar-refractivity contribution >= 4 is 49.4 Å². The molecule has 39 heavy (non-hydrogen) atoms. The Kier molecular flexibility index (Phi) is 7.17. The fourth-order valence-corrected chi connectivity index (χ4v) is 5.97. The van der Waals surface area contributed by atoms with Crippen LogP contribution in [0.15, 0.2) is 107 Å². The zero-order valence-electron chi connectivity index (χ0n) is 22.0. The number of hydrazone groups is 1. The number of benzene rings is 5. The van der Waals surface area contributed by atoms with Gasteiger partial charge in [0.15, 0.2) is 0 Å². The van der Waals surface area contributed by atoms with Crippen molar-refractivity contribution in [2.45, 2.75) is 25.7 Å². The average molecular weight is 536 g/mol. The lowest BCUT2D eigenvalue weighted by molar-refractivity contribution is -0.119. The second-order valence-electron chi connectivity index (χ2n) is 9.62. The molecule has 0 atom stereocenters. The molecule has 7 heteroatoms. The Morgan fingerprint density at radius 1 is 0.795 bits per heavy atom. The van der Waals surface area contributed by atoms with Crippen LogP contribution in [-0.4, -0.2) is 27.1 Å². The van der Waals surface area contributed by atoms with Crippen LogP contribution < -0.4 is 9.73 Å². The van der Waals surface area contributed by atoms with Gasteiger partial charge in [0.25, 0.3) is 15.9 Å². The number of amides is 1. The van der Waals surface area contributed by atoms with Crippen LogP contribution in [0.4, 0.5) is 5.69 Å². The van der Waals surface area contributed by atoms with Gasteiger partial charge in [0, 0.05) is 5.56 Å². The molecule has 0 aliphatic rings. The van der Waals surface area contributed by atoms with Crippen LogP contribution in [-0.2, 0) is 14.8 Å². The zero-order chi connectivity index (χ0) is 27.6. The number of nitrogens with zero attached hydrogens (tertiary/aromatic N) is 2. The quantitative estimate of drug-likeness (QED) is 0.152. The molecule has 0 saturated heterocycles. The van der Waals surface area contributed by atoms with Crippen LogP contribution in [0.3, 0.4) is 0 Å². The Labute approximate surface area is 228 Å². The van der Waals surface area contributed by atoms with Crippen molar-refractivity contribution < 1.29 is 13.2 Å². The second-order valence-corrected chi connectivity index (χ2v) is 11.5. The average Bonchev–Trinajstić information content (AvgIpc) is 2.93. The van der Waals surface area contributed by atoms with Crippen LogP contribution in [0.2, 0.25) is 0 Å².